The Morgan fingerprint density at radius 2 is 2.11 bits per heavy atom. The van der Waals surface area contributed by atoms with Gasteiger partial charge in [0.15, 0.2) is 0 Å². The standard InChI is InChI=1S/C15H17NO2S/c1-9(2)12-7-11(5-6-14(12)18-4)15(17)13-8-19-10(3)16-13/h5-9H,1-4H3. The third-order valence-corrected chi connectivity index (χ3v) is 3.74. The van der Waals surface area contributed by atoms with Crippen molar-refractivity contribution in [1.82, 2.24) is 4.98 Å². The van der Waals surface area contributed by atoms with Gasteiger partial charge < -0.3 is 4.74 Å². The van der Waals surface area contributed by atoms with E-state index in [1.54, 1.807) is 18.6 Å². The number of hydrogen-bond acceptors (Lipinski definition) is 4. The minimum atomic E-state index is -0.0334. The van der Waals surface area contributed by atoms with Gasteiger partial charge in [-0.05, 0) is 36.6 Å². The van der Waals surface area contributed by atoms with Crippen molar-refractivity contribution in [2.24, 2.45) is 0 Å². The molecule has 0 atom stereocenters. The number of nitrogens with zero attached hydrogens (tertiary/aromatic N) is 1. The Labute approximate surface area is 117 Å². The molecule has 19 heavy (non-hydrogen) atoms. The van der Waals surface area contributed by atoms with Crippen molar-refractivity contribution in [3.8, 4) is 5.75 Å². The number of hydrogen-bond donors (Lipinski definition) is 0. The highest BCUT2D eigenvalue weighted by atomic mass is 32.1. The molecular weight excluding hydrogens is 258 g/mol. The van der Waals surface area contributed by atoms with Crippen LogP contribution in [0.4, 0.5) is 0 Å². The van der Waals surface area contributed by atoms with Gasteiger partial charge in [-0.2, -0.15) is 0 Å². The first-order valence-electron chi connectivity index (χ1n) is 6.17. The van der Waals surface area contributed by atoms with E-state index < -0.39 is 0 Å². The summed E-state index contributed by atoms with van der Waals surface area (Å²) in [6, 6.07) is 5.55. The largest absolute Gasteiger partial charge is 0.496 e. The molecule has 0 saturated heterocycles. The first kappa shape index (κ1) is 13.7. The van der Waals surface area contributed by atoms with Crippen molar-refractivity contribution in [1.29, 1.82) is 0 Å². The van der Waals surface area contributed by atoms with E-state index in [-0.39, 0.29) is 5.78 Å². The van der Waals surface area contributed by atoms with E-state index in [4.69, 9.17) is 4.74 Å². The molecule has 4 heteroatoms. The summed E-state index contributed by atoms with van der Waals surface area (Å²) >= 11 is 1.49. The lowest BCUT2D eigenvalue weighted by atomic mass is 9.97. The summed E-state index contributed by atoms with van der Waals surface area (Å²) in [7, 11) is 1.65. The van der Waals surface area contributed by atoms with Crippen LogP contribution in [0.5, 0.6) is 5.75 Å². The number of benzene rings is 1. The van der Waals surface area contributed by atoms with Gasteiger partial charge in [0.1, 0.15) is 11.4 Å². The number of rotatable bonds is 4. The molecule has 0 amide bonds. The molecule has 0 aliphatic heterocycles. The van der Waals surface area contributed by atoms with Crippen molar-refractivity contribution >= 4 is 17.1 Å². The van der Waals surface area contributed by atoms with Crippen LogP contribution >= 0.6 is 11.3 Å². The predicted octanol–water partition coefficient (Wildman–Crippen LogP) is 3.81. The molecule has 0 unspecified atom stereocenters. The van der Waals surface area contributed by atoms with Crippen molar-refractivity contribution in [3.05, 3.63) is 45.4 Å². The zero-order valence-electron chi connectivity index (χ0n) is 11.6. The lowest BCUT2D eigenvalue weighted by molar-refractivity contribution is 0.103. The van der Waals surface area contributed by atoms with Gasteiger partial charge in [-0.15, -0.1) is 11.3 Å². The maximum atomic E-state index is 12.3. The lowest BCUT2D eigenvalue weighted by Gasteiger charge is -2.12. The summed E-state index contributed by atoms with van der Waals surface area (Å²) in [5.74, 6) is 1.09. The first-order valence-corrected chi connectivity index (χ1v) is 7.05. The lowest BCUT2D eigenvalue weighted by Crippen LogP contribution is -2.04. The Hall–Kier alpha value is -1.68. The van der Waals surface area contributed by atoms with Gasteiger partial charge in [-0.1, -0.05) is 13.8 Å². The first-order chi connectivity index (χ1) is 9.02. The molecule has 0 spiro atoms. The molecule has 0 radical (unpaired) electrons. The molecule has 1 aromatic carbocycles. The van der Waals surface area contributed by atoms with Crippen LogP contribution in [0.3, 0.4) is 0 Å². The summed E-state index contributed by atoms with van der Waals surface area (Å²) in [5, 5.41) is 2.71. The van der Waals surface area contributed by atoms with Gasteiger partial charge in [0.05, 0.1) is 12.1 Å². The van der Waals surface area contributed by atoms with Crippen LogP contribution in [0.15, 0.2) is 23.6 Å². The highest BCUT2D eigenvalue weighted by molar-refractivity contribution is 7.09. The zero-order valence-corrected chi connectivity index (χ0v) is 12.4. The third kappa shape index (κ3) is 2.84. The van der Waals surface area contributed by atoms with E-state index in [9.17, 15) is 4.79 Å². The number of carbonyl (C=O) groups excluding carboxylic acids is 1. The second kappa shape index (κ2) is 5.53. The van der Waals surface area contributed by atoms with E-state index in [1.807, 2.05) is 19.1 Å². The van der Waals surface area contributed by atoms with Gasteiger partial charge in [0.2, 0.25) is 5.78 Å². The highest BCUT2D eigenvalue weighted by Crippen LogP contribution is 2.28. The van der Waals surface area contributed by atoms with Crippen LogP contribution in [0, 0.1) is 6.92 Å². The summed E-state index contributed by atoms with van der Waals surface area (Å²) < 4.78 is 5.33. The Bertz CT molecular complexity index is 602. The molecule has 3 nitrogen and oxygen atoms in total. The number of thiazole rings is 1. The van der Waals surface area contributed by atoms with Crippen LogP contribution in [0.25, 0.3) is 0 Å². The third-order valence-electron chi connectivity index (χ3n) is 2.97. The van der Waals surface area contributed by atoms with Gasteiger partial charge in [0.25, 0.3) is 0 Å². The van der Waals surface area contributed by atoms with Gasteiger partial charge in [-0.25, -0.2) is 4.98 Å². The van der Waals surface area contributed by atoms with E-state index in [2.05, 4.69) is 18.8 Å². The zero-order chi connectivity index (χ0) is 14.0. The van der Waals surface area contributed by atoms with Gasteiger partial charge >= 0.3 is 0 Å². The van der Waals surface area contributed by atoms with Gasteiger partial charge in [-0.3, -0.25) is 4.79 Å². The molecule has 2 rings (SSSR count). The minimum Gasteiger partial charge on any atom is -0.496 e. The molecule has 0 N–H and O–H groups in total. The van der Waals surface area contributed by atoms with Crippen molar-refractivity contribution in [2.75, 3.05) is 7.11 Å². The number of ether oxygens (including phenoxy) is 1. The molecule has 100 valence electrons. The quantitative estimate of drug-likeness (QED) is 0.796. The molecule has 0 aliphatic rings. The maximum absolute atomic E-state index is 12.3. The van der Waals surface area contributed by atoms with Crippen LogP contribution in [0.2, 0.25) is 0 Å². The fourth-order valence-corrected chi connectivity index (χ4v) is 2.54. The van der Waals surface area contributed by atoms with E-state index in [1.165, 1.54) is 11.3 Å². The van der Waals surface area contributed by atoms with Crippen LogP contribution in [-0.2, 0) is 0 Å². The number of aromatic nitrogens is 1. The Balaban J connectivity index is 2.40. The monoisotopic (exact) mass is 275 g/mol. The van der Waals surface area contributed by atoms with Crippen LogP contribution < -0.4 is 4.74 Å². The molecule has 1 aromatic heterocycles. The number of ketones is 1. The van der Waals surface area contributed by atoms with E-state index >= 15 is 0 Å². The van der Waals surface area contributed by atoms with Crippen molar-refractivity contribution in [3.63, 3.8) is 0 Å². The van der Waals surface area contributed by atoms with Crippen molar-refractivity contribution in [2.45, 2.75) is 26.7 Å². The Morgan fingerprint density at radius 3 is 2.63 bits per heavy atom. The minimum absolute atomic E-state index is 0.0334. The highest BCUT2D eigenvalue weighted by Gasteiger charge is 2.15. The maximum Gasteiger partial charge on any atom is 0.212 e. The fourth-order valence-electron chi connectivity index (χ4n) is 1.94. The number of aryl methyl sites for hydroxylation is 1. The molecule has 0 fully saturated rings. The summed E-state index contributed by atoms with van der Waals surface area (Å²) in [6.45, 7) is 6.06. The average Bonchev–Trinajstić information content (AvgIpc) is 2.83. The molecule has 0 saturated carbocycles. The molecule has 2 aromatic rings. The summed E-state index contributed by atoms with van der Waals surface area (Å²) in [5.41, 5.74) is 2.22. The molecule has 0 bridgehead atoms. The smallest absolute Gasteiger partial charge is 0.212 e. The molecule has 1 heterocycles. The summed E-state index contributed by atoms with van der Waals surface area (Å²) in [6.07, 6.45) is 0. The second-order valence-electron chi connectivity index (χ2n) is 4.69. The second-order valence-corrected chi connectivity index (χ2v) is 5.75. The van der Waals surface area contributed by atoms with E-state index in [0.717, 1.165) is 16.3 Å². The van der Waals surface area contributed by atoms with E-state index in [0.29, 0.717) is 17.2 Å². The fraction of sp³-hybridized carbons (Fsp3) is 0.333. The van der Waals surface area contributed by atoms with Gasteiger partial charge in [0, 0.05) is 10.9 Å². The average molecular weight is 275 g/mol. The molecule has 0 aliphatic carbocycles. The Morgan fingerprint density at radius 1 is 1.37 bits per heavy atom. The summed E-state index contributed by atoms with van der Waals surface area (Å²) in [4.78, 5) is 16.6. The Kier molecular flexibility index (Phi) is 4.00. The van der Waals surface area contributed by atoms with Crippen molar-refractivity contribution < 1.29 is 9.53 Å². The number of carbonyl (C=O) groups is 1. The predicted molar refractivity (Wildman–Crippen MR) is 77.4 cm³/mol. The van der Waals surface area contributed by atoms with Crippen LogP contribution in [0.1, 0.15) is 46.4 Å². The normalized spacial score (nSPS) is 10.8. The molecular formula is C15H17NO2S. The van der Waals surface area contributed by atoms with Crippen LogP contribution in [-0.4, -0.2) is 17.9 Å². The topological polar surface area (TPSA) is 39.2 Å². The number of methoxy groups -OCH3 is 1. The SMILES string of the molecule is COc1ccc(C(=O)c2csc(C)n2)cc1C(C)C.